The van der Waals surface area contributed by atoms with Crippen LogP contribution >= 0.6 is 0 Å². The van der Waals surface area contributed by atoms with Gasteiger partial charge in [0.25, 0.3) is 5.91 Å². The van der Waals surface area contributed by atoms with Gasteiger partial charge < -0.3 is 10.1 Å². The van der Waals surface area contributed by atoms with Crippen LogP contribution in [0.25, 0.3) is 10.9 Å². The molecule has 0 spiro atoms. The zero-order valence-electron chi connectivity index (χ0n) is 14.7. The molecule has 1 amide bonds. The summed E-state index contributed by atoms with van der Waals surface area (Å²) in [6.45, 7) is 3.85. The van der Waals surface area contributed by atoms with Crippen LogP contribution in [0.2, 0.25) is 0 Å². The lowest BCUT2D eigenvalue weighted by molar-refractivity contribution is -0.119. The van der Waals surface area contributed by atoms with Crippen LogP contribution in [0.1, 0.15) is 35.8 Å². The number of carbonyl (C=O) groups is 2. The average Bonchev–Trinajstić information content (AvgIpc) is 2.66. The molecule has 0 saturated heterocycles. The molecule has 0 fully saturated rings. The summed E-state index contributed by atoms with van der Waals surface area (Å²) in [5, 5.41) is 3.64. The number of aromatic nitrogens is 1. The van der Waals surface area contributed by atoms with Crippen molar-refractivity contribution in [2.75, 3.05) is 11.9 Å². The van der Waals surface area contributed by atoms with Gasteiger partial charge >= 0.3 is 5.97 Å². The van der Waals surface area contributed by atoms with Crippen molar-refractivity contribution in [1.29, 1.82) is 0 Å². The normalized spacial score (nSPS) is 10.7. The summed E-state index contributed by atoms with van der Waals surface area (Å²) in [5.74, 6) is -0.590. The lowest BCUT2D eigenvalue weighted by atomic mass is 10.0. The van der Waals surface area contributed by atoms with Gasteiger partial charge in [0.2, 0.25) is 0 Å². The molecule has 5 heteroatoms. The Labute approximate surface area is 152 Å². The van der Waals surface area contributed by atoms with E-state index in [9.17, 15) is 9.59 Å². The molecule has 5 nitrogen and oxygen atoms in total. The highest BCUT2D eigenvalue weighted by molar-refractivity contribution is 5.95. The van der Waals surface area contributed by atoms with E-state index in [-0.39, 0.29) is 12.3 Å². The summed E-state index contributed by atoms with van der Waals surface area (Å²) in [6.07, 6.45) is 0. The maximum atomic E-state index is 12.1. The molecule has 1 N–H and O–H groups in total. The Morgan fingerprint density at radius 3 is 2.46 bits per heavy atom. The zero-order valence-corrected chi connectivity index (χ0v) is 14.7. The van der Waals surface area contributed by atoms with E-state index in [1.54, 1.807) is 12.1 Å². The number of benzene rings is 2. The molecule has 1 aromatic heterocycles. The monoisotopic (exact) mass is 348 g/mol. The molecule has 0 saturated carbocycles. The molecule has 26 heavy (non-hydrogen) atoms. The van der Waals surface area contributed by atoms with Crippen molar-refractivity contribution in [3.05, 3.63) is 71.9 Å². The number of hydrogen-bond donors (Lipinski definition) is 1. The van der Waals surface area contributed by atoms with Crippen molar-refractivity contribution in [1.82, 2.24) is 4.98 Å². The van der Waals surface area contributed by atoms with Crippen molar-refractivity contribution >= 4 is 28.5 Å². The van der Waals surface area contributed by atoms with Gasteiger partial charge in [-0.25, -0.2) is 9.78 Å². The van der Waals surface area contributed by atoms with E-state index in [0.29, 0.717) is 17.1 Å². The number of hydrogen-bond acceptors (Lipinski definition) is 4. The van der Waals surface area contributed by atoms with Crippen LogP contribution in [0.4, 0.5) is 5.69 Å². The van der Waals surface area contributed by atoms with Gasteiger partial charge in [0.1, 0.15) is 5.69 Å². The van der Waals surface area contributed by atoms with Crippen molar-refractivity contribution in [3.63, 3.8) is 0 Å². The Hall–Kier alpha value is -3.21. The van der Waals surface area contributed by atoms with Gasteiger partial charge in [-0.2, -0.15) is 0 Å². The van der Waals surface area contributed by atoms with Crippen LogP contribution in [0.15, 0.2) is 60.7 Å². The number of pyridine rings is 1. The second kappa shape index (κ2) is 7.78. The highest BCUT2D eigenvalue weighted by atomic mass is 16.5. The summed E-state index contributed by atoms with van der Waals surface area (Å²) < 4.78 is 5.06. The first kappa shape index (κ1) is 17.6. The predicted octanol–water partition coefficient (Wildman–Crippen LogP) is 4.15. The Morgan fingerprint density at radius 1 is 1.00 bits per heavy atom. The Balaban J connectivity index is 1.57. The number of amides is 1. The lowest BCUT2D eigenvalue weighted by Crippen LogP contribution is -2.21. The van der Waals surface area contributed by atoms with E-state index in [1.807, 2.05) is 48.5 Å². The van der Waals surface area contributed by atoms with Crippen LogP contribution in [0.3, 0.4) is 0 Å². The van der Waals surface area contributed by atoms with E-state index in [2.05, 4.69) is 24.1 Å². The number of para-hydroxylation sites is 1. The van der Waals surface area contributed by atoms with Crippen LogP contribution in [-0.2, 0) is 9.53 Å². The number of nitrogens with zero attached hydrogens (tertiary/aromatic N) is 1. The molecule has 1 heterocycles. The fraction of sp³-hybridized carbons (Fsp3) is 0.190. The average molecular weight is 348 g/mol. The molecule has 0 unspecified atom stereocenters. The smallest absolute Gasteiger partial charge is 0.357 e. The third-order valence-electron chi connectivity index (χ3n) is 4.00. The van der Waals surface area contributed by atoms with Gasteiger partial charge in [-0.15, -0.1) is 0 Å². The molecule has 3 aromatic rings. The topological polar surface area (TPSA) is 68.3 Å². The van der Waals surface area contributed by atoms with Gasteiger partial charge in [-0.3, -0.25) is 4.79 Å². The number of nitrogens with one attached hydrogen (secondary N) is 1. The number of fused-ring (bicyclic) bond motifs is 1. The highest BCUT2D eigenvalue weighted by Gasteiger charge is 2.12. The molecule has 0 radical (unpaired) electrons. The molecule has 132 valence electrons. The quantitative estimate of drug-likeness (QED) is 0.703. The molecule has 0 atom stereocenters. The third-order valence-corrected chi connectivity index (χ3v) is 4.00. The Bertz CT molecular complexity index is 933. The van der Waals surface area contributed by atoms with Crippen LogP contribution in [0.5, 0.6) is 0 Å². The molecule has 0 aliphatic carbocycles. The number of carbonyl (C=O) groups excluding carboxylic acids is 2. The zero-order chi connectivity index (χ0) is 18.5. The van der Waals surface area contributed by atoms with Crippen LogP contribution in [0, 0.1) is 0 Å². The first-order valence-electron chi connectivity index (χ1n) is 8.45. The summed E-state index contributed by atoms with van der Waals surface area (Å²) in [4.78, 5) is 28.3. The number of anilines is 1. The first-order valence-corrected chi connectivity index (χ1v) is 8.45. The number of esters is 1. The second-order valence-corrected chi connectivity index (χ2v) is 6.29. The predicted molar refractivity (Wildman–Crippen MR) is 101 cm³/mol. The van der Waals surface area contributed by atoms with E-state index in [4.69, 9.17) is 4.74 Å². The van der Waals surface area contributed by atoms with E-state index in [1.165, 1.54) is 5.56 Å². The summed E-state index contributed by atoms with van der Waals surface area (Å²) in [6, 6.07) is 18.5. The highest BCUT2D eigenvalue weighted by Crippen LogP contribution is 2.17. The Kier molecular flexibility index (Phi) is 5.27. The van der Waals surface area contributed by atoms with E-state index in [0.717, 1.165) is 5.39 Å². The minimum Gasteiger partial charge on any atom is -0.451 e. The maximum Gasteiger partial charge on any atom is 0.357 e. The molecule has 0 aliphatic rings. The van der Waals surface area contributed by atoms with Crippen molar-refractivity contribution < 1.29 is 14.3 Å². The first-order chi connectivity index (χ1) is 12.5. The minimum atomic E-state index is -0.624. The van der Waals surface area contributed by atoms with Crippen LogP contribution < -0.4 is 5.32 Å². The summed E-state index contributed by atoms with van der Waals surface area (Å²) in [5.41, 5.74) is 2.74. The third kappa shape index (κ3) is 4.25. The molecule has 0 aliphatic heterocycles. The largest absolute Gasteiger partial charge is 0.451 e. The van der Waals surface area contributed by atoms with Gasteiger partial charge in [0, 0.05) is 11.1 Å². The van der Waals surface area contributed by atoms with Gasteiger partial charge in [-0.1, -0.05) is 50.2 Å². The van der Waals surface area contributed by atoms with Crippen LogP contribution in [-0.4, -0.2) is 23.5 Å². The Morgan fingerprint density at radius 2 is 1.73 bits per heavy atom. The molecular formula is C21H20N2O3. The van der Waals surface area contributed by atoms with Gasteiger partial charge in [0.05, 0.1) is 5.52 Å². The second-order valence-electron chi connectivity index (χ2n) is 6.29. The summed E-state index contributed by atoms with van der Waals surface area (Å²) in [7, 11) is 0. The fourth-order valence-corrected chi connectivity index (χ4v) is 2.53. The van der Waals surface area contributed by atoms with Crippen molar-refractivity contribution in [2.24, 2.45) is 0 Å². The van der Waals surface area contributed by atoms with Crippen molar-refractivity contribution in [3.8, 4) is 0 Å². The summed E-state index contributed by atoms with van der Waals surface area (Å²) >= 11 is 0. The fourth-order valence-electron chi connectivity index (χ4n) is 2.53. The lowest BCUT2D eigenvalue weighted by Gasteiger charge is -2.09. The number of ether oxygens (including phenoxy) is 1. The van der Waals surface area contributed by atoms with E-state index < -0.39 is 11.9 Å². The molecule has 0 bridgehead atoms. The molecule has 2 aromatic carbocycles. The molecule has 3 rings (SSSR count). The number of rotatable bonds is 5. The maximum absolute atomic E-state index is 12.1. The van der Waals surface area contributed by atoms with Crippen molar-refractivity contribution in [2.45, 2.75) is 19.8 Å². The minimum absolute atomic E-state index is 0.179. The standard InChI is InChI=1S/C21H20N2O3/c1-14(2)15-7-10-17(11-8-15)22-20(24)13-26-21(25)19-12-9-16-5-3-4-6-18(16)23-19/h3-12,14H,13H2,1-2H3,(H,22,24). The van der Waals surface area contributed by atoms with Gasteiger partial charge in [-0.05, 0) is 35.7 Å². The van der Waals surface area contributed by atoms with Gasteiger partial charge in [0.15, 0.2) is 6.61 Å². The molecular weight excluding hydrogens is 328 g/mol. The van der Waals surface area contributed by atoms with E-state index >= 15 is 0 Å². The SMILES string of the molecule is CC(C)c1ccc(NC(=O)COC(=O)c2ccc3ccccc3n2)cc1.